The fraction of sp³-hybridized carbons (Fsp3) is 0.0714. The Balaban J connectivity index is 2.33. The number of rotatable bonds is 3. The normalized spacial score (nSPS) is 11.4. The minimum Gasteiger partial charge on any atom is -0.478 e. The number of carbonyl (C=O) groups is 1. The lowest BCUT2D eigenvalue weighted by Gasteiger charge is -2.13. The Morgan fingerprint density at radius 2 is 1.71 bits per heavy atom. The molecule has 2 aromatic rings. The maximum atomic E-state index is 13.0. The lowest BCUT2D eigenvalue weighted by molar-refractivity contribution is -0.139. The first-order chi connectivity index (χ1) is 9.77. The molecule has 0 saturated heterocycles. The van der Waals surface area contributed by atoms with E-state index >= 15 is 0 Å². The van der Waals surface area contributed by atoms with Crippen molar-refractivity contribution >= 4 is 23.4 Å². The maximum Gasteiger partial charge on any atom is 0.417 e. The minimum absolute atomic E-state index is 0.0137. The summed E-state index contributed by atoms with van der Waals surface area (Å²) in [4.78, 5) is 11.2. The molecule has 0 heterocycles. The zero-order valence-electron chi connectivity index (χ0n) is 10.5. The van der Waals surface area contributed by atoms with Crippen LogP contribution < -0.4 is 5.73 Å². The fourth-order valence-corrected chi connectivity index (χ4v) is 2.60. The molecule has 3 N–H and O–H groups in total. The summed E-state index contributed by atoms with van der Waals surface area (Å²) in [5.41, 5.74) is 4.70. The standard InChI is InChI=1S/C14H10F3NO2S/c15-14(16,17)11-7-9(18)3-6-12(11)21-10-4-1-8(2-5-10)13(19)20/h1-7H,18H2,(H,19,20). The number of nitrogens with two attached hydrogens (primary N) is 1. The summed E-state index contributed by atoms with van der Waals surface area (Å²) in [6.07, 6.45) is -4.50. The van der Waals surface area contributed by atoms with Crippen molar-refractivity contribution in [2.45, 2.75) is 16.0 Å². The molecule has 21 heavy (non-hydrogen) atoms. The molecule has 2 rings (SSSR count). The first-order valence-electron chi connectivity index (χ1n) is 5.75. The average molecular weight is 313 g/mol. The van der Waals surface area contributed by atoms with Crippen molar-refractivity contribution in [1.82, 2.24) is 0 Å². The van der Waals surface area contributed by atoms with Gasteiger partial charge in [0.15, 0.2) is 0 Å². The summed E-state index contributed by atoms with van der Waals surface area (Å²) in [5.74, 6) is -1.09. The zero-order valence-corrected chi connectivity index (χ0v) is 11.3. The predicted octanol–water partition coefficient (Wildman–Crippen LogP) is 4.14. The number of hydrogen-bond acceptors (Lipinski definition) is 3. The van der Waals surface area contributed by atoms with Crippen molar-refractivity contribution in [3.05, 3.63) is 53.6 Å². The topological polar surface area (TPSA) is 63.3 Å². The lowest BCUT2D eigenvalue weighted by atomic mass is 10.2. The highest BCUT2D eigenvalue weighted by Crippen LogP contribution is 2.40. The van der Waals surface area contributed by atoms with E-state index in [1.54, 1.807) is 0 Å². The fourth-order valence-electron chi connectivity index (χ4n) is 1.65. The molecule has 0 aliphatic carbocycles. The molecule has 2 aromatic carbocycles. The summed E-state index contributed by atoms with van der Waals surface area (Å²) >= 11 is 0.902. The Kier molecular flexibility index (Phi) is 4.13. The van der Waals surface area contributed by atoms with E-state index in [2.05, 4.69) is 0 Å². The van der Waals surface area contributed by atoms with E-state index in [1.807, 2.05) is 0 Å². The van der Waals surface area contributed by atoms with Gasteiger partial charge in [-0.3, -0.25) is 0 Å². The van der Waals surface area contributed by atoms with Crippen LogP contribution in [0.2, 0.25) is 0 Å². The summed E-state index contributed by atoms with van der Waals surface area (Å²) in [7, 11) is 0. The molecule has 0 saturated carbocycles. The van der Waals surface area contributed by atoms with Gasteiger partial charge in [-0.05, 0) is 42.5 Å². The number of aromatic carboxylic acids is 1. The van der Waals surface area contributed by atoms with E-state index in [0.29, 0.717) is 4.90 Å². The summed E-state index contributed by atoms with van der Waals surface area (Å²) in [5, 5.41) is 8.78. The number of nitrogen functional groups attached to an aromatic ring is 1. The molecule has 7 heteroatoms. The Morgan fingerprint density at radius 1 is 1.10 bits per heavy atom. The van der Waals surface area contributed by atoms with E-state index in [0.717, 1.165) is 17.8 Å². The summed E-state index contributed by atoms with van der Waals surface area (Å²) < 4.78 is 38.9. The molecule has 0 atom stereocenters. The van der Waals surface area contributed by atoms with Crippen LogP contribution in [-0.4, -0.2) is 11.1 Å². The smallest absolute Gasteiger partial charge is 0.417 e. The van der Waals surface area contributed by atoms with E-state index in [-0.39, 0.29) is 16.1 Å². The number of carboxylic acids is 1. The summed E-state index contributed by atoms with van der Waals surface area (Å²) in [6.45, 7) is 0. The van der Waals surface area contributed by atoms with E-state index < -0.39 is 17.7 Å². The van der Waals surface area contributed by atoms with Crippen molar-refractivity contribution in [3.8, 4) is 0 Å². The third-order valence-electron chi connectivity index (χ3n) is 2.64. The van der Waals surface area contributed by atoms with E-state index in [9.17, 15) is 18.0 Å². The van der Waals surface area contributed by atoms with Gasteiger partial charge in [0.25, 0.3) is 0 Å². The van der Waals surface area contributed by atoms with Gasteiger partial charge in [-0.25, -0.2) is 4.79 Å². The predicted molar refractivity (Wildman–Crippen MR) is 73.4 cm³/mol. The molecule has 0 aliphatic heterocycles. The minimum atomic E-state index is -4.50. The van der Waals surface area contributed by atoms with E-state index in [4.69, 9.17) is 10.8 Å². The van der Waals surface area contributed by atoms with Gasteiger partial charge in [0.1, 0.15) is 0 Å². The molecule has 0 aliphatic rings. The molecule has 0 spiro atoms. The Morgan fingerprint density at radius 3 is 2.24 bits per heavy atom. The molecule has 0 amide bonds. The van der Waals surface area contributed by atoms with Gasteiger partial charge >= 0.3 is 12.1 Å². The van der Waals surface area contributed by atoms with Gasteiger partial charge in [-0.2, -0.15) is 13.2 Å². The van der Waals surface area contributed by atoms with Gasteiger partial charge in [-0.1, -0.05) is 11.8 Å². The molecule has 110 valence electrons. The molecule has 0 bridgehead atoms. The Labute approximate surface area is 122 Å². The molecular weight excluding hydrogens is 303 g/mol. The molecule has 0 aromatic heterocycles. The largest absolute Gasteiger partial charge is 0.478 e. The van der Waals surface area contributed by atoms with Gasteiger partial charge in [0.05, 0.1) is 11.1 Å². The maximum absolute atomic E-state index is 13.0. The number of hydrogen-bond donors (Lipinski definition) is 2. The second kappa shape index (κ2) is 5.69. The van der Waals surface area contributed by atoms with Gasteiger partial charge in [0.2, 0.25) is 0 Å². The molecule has 0 fully saturated rings. The third-order valence-corrected chi connectivity index (χ3v) is 3.72. The average Bonchev–Trinajstić information content (AvgIpc) is 2.40. The number of halogens is 3. The zero-order chi connectivity index (χ0) is 15.6. The Hall–Kier alpha value is -2.15. The van der Waals surface area contributed by atoms with Crippen molar-refractivity contribution < 1.29 is 23.1 Å². The second-order valence-electron chi connectivity index (χ2n) is 4.18. The summed E-state index contributed by atoms with van der Waals surface area (Å²) in [6, 6.07) is 9.19. The van der Waals surface area contributed by atoms with Gasteiger partial charge in [-0.15, -0.1) is 0 Å². The van der Waals surface area contributed by atoms with Crippen molar-refractivity contribution in [2.75, 3.05) is 5.73 Å². The van der Waals surface area contributed by atoms with Crippen molar-refractivity contribution in [2.24, 2.45) is 0 Å². The van der Waals surface area contributed by atoms with Crippen LogP contribution in [0.1, 0.15) is 15.9 Å². The molecule has 3 nitrogen and oxygen atoms in total. The number of alkyl halides is 3. The number of benzene rings is 2. The van der Waals surface area contributed by atoms with Crippen LogP contribution in [0.5, 0.6) is 0 Å². The van der Waals surface area contributed by atoms with Crippen molar-refractivity contribution in [3.63, 3.8) is 0 Å². The highest BCUT2D eigenvalue weighted by atomic mass is 32.2. The van der Waals surface area contributed by atoms with Crippen LogP contribution in [0, 0.1) is 0 Å². The van der Waals surface area contributed by atoms with Crippen LogP contribution >= 0.6 is 11.8 Å². The SMILES string of the molecule is Nc1ccc(Sc2ccc(C(=O)O)cc2)c(C(F)(F)F)c1. The highest BCUT2D eigenvalue weighted by Gasteiger charge is 2.33. The Bertz CT molecular complexity index is 669. The van der Waals surface area contributed by atoms with Crippen LogP contribution in [0.25, 0.3) is 0 Å². The third kappa shape index (κ3) is 3.69. The monoisotopic (exact) mass is 313 g/mol. The van der Waals surface area contributed by atoms with Crippen LogP contribution in [0.4, 0.5) is 18.9 Å². The first kappa shape index (κ1) is 15.2. The first-order valence-corrected chi connectivity index (χ1v) is 6.57. The lowest BCUT2D eigenvalue weighted by Crippen LogP contribution is -2.07. The second-order valence-corrected chi connectivity index (χ2v) is 5.30. The van der Waals surface area contributed by atoms with Crippen LogP contribution in [-0.2, 0) is 6.18 Å². The van der Waals surface area contributed by atoms with Gasteiger partial charge in [0, 0.05) is 15.5 Å². The molecule has 0 radical (unpaired) electrons. The number of carboxylic acid groups (broad SMARTS) is 1. The highest BCUT2D eigenvalue weighted by molar-refractivity contribution is 7.99. The van der Waals surface area contributed by atoms with E-state index in [1.165, 1.54) is 36.4 Å². The quantitative estimate of drug-likeness (QED) is 0.836. The molecular formula is C14H10F3NO2S. The number of anilines is 1. The van der Waals surface area contributed by atoms with Crippen LogP contribution in [0.15, 0.2) is 52.3 Å². The van der Waals surface area contributed by atoms with Gasteiger partial charge < -0.3 is 10.8 Å². The van der Waals surface area contributed by atoms with Crippen LogP contribution in [0.3, 0.4) is 0 Å². The molecule has 0 unspecified atom stereocenters. The van der Waals surface area contributed by atoms with Crippen molar-refractivity contribution in [1.29, 1.82) is 0 Å².